The lowest BCUT2D eigenvalue weighted by Gasteiger charge is -2.33. The first-order valence-corrected chi connectivity index (χ1v) is 6.18. The monoisotopic (exact) mass is 276 g/mol. The largest absolute Gasteiger partial charge is 0.386 e. The van der Waals surface area contributed by atoms with E-state index in [9.17, 15) is 5.11 Å². The molecule has 0 heterocycles. The summed E-state index contributed by atoms with van der Waals surface area (Å²) in [5.41, 5.74) is 0.543. The van der Waals surface area contributed by atoms with Crippen LogP contribution in [-0.4, -0.2) is 18.3 Å². The van der Waals surface area contributed by atoms with E-state index in [1.165, 1.54) is 0 Å². The lowest BCUT2D eigenvalue weighted by Crippen LogP contribution is -2.34. The van der Waals surface area contributed by atoms with Gasteiger partial charge >= 0.3 is 0 Å². The normalized spacial score (nSPS) is 15.7. The molecule has 0 bridgehead atoms. The van der Waals surface area contributed by atoms with Gasteiger partial charge in [0.2, 0.25) is 0 Å². The van der Waals surface area contributed by atoms with Gasteiger partial charge < -0.3 is 9.84 Å². The minimum atomic E-state index is -0.727. The predicted octanol–water partition coefficient (Wildman–Crippen LogP) is 4.09. The topological polar surface area (TPSA) is 29.5 Å². The molecule has 96 valence electrons. The molecule has 1 N–H and O–H groups in total. The van der Waals surface area contributed by atoms with Crippen LogP contribution in [-0.2, 0) is 4.74 Å². The van der Waals surface area contributed by atoms with Crippen LogP contribution in [0.1, 0.15) is 32.4 Å². The van der Waals surface area contributed by atoms with Crippen molar-refractivity contribution >= 4 is 23.2 Å². The van der Waals surface area contributed by atoms with Gasteiger partial charge in [-0.3, -0.25) is 0 Å². The first-order chi connectivity index (χ1) is 7.77. The number of benzene rings is 1. The summed E-state index contributed by atoms with van der Waals surface area (Å²) in [6.45, 7) is 6.05. The summed E-state index contributed by atoms with van der Waals surface area (Å²) in [4.78, 5) is 0. The van der Waals surface area contributed by atoms with E-state index in [1.54, 1.807) is 25.3 Å². The van der Waals surface area contributed by atoms with Crippen molar-refractivity contribution in [2.45, 2.75) is 33.0 Å². The molecule has 1 rings (SSSR count). The van der Waals surface area contributed by atoms with Crippen molar-refractivity contribution < 1.29 is 9.84 Å². The van der Waals surface area contributed by atoms with E-state index in [-0.39, 0.29) is 11.5 Å². The Morgan fingerprint density at radius 2 is 1.76 bits per heavy atom. The first-order valence-electron chi connectivity index (χ1n) is 5.43. The van der Waals surface area contributed by atoms with Crippen molar-refractivity contribution in [1.29, 1.82) is 0 Å². The maximum absolute atomic E-state index is 10.3. The maximum atomic E-state index is 10.3. The van der Waals surface area contributed by atoms with E-state index in [0.29, 0.717) is 15.6 Å². The van der Waals surface area contributed by atoms with Gasteiger partial charge in [-0.25, -0.2) is 0 Å². The second kappa shape index (κ2) is 5.57. The third-order valence-corrected chi connectivity index (χ3v) is 3.42. The number of hydrogen-bond acceptors (Lipinski definition) is 2. The second-order valence-corrected chi connectivity index (χ2v) is 5.96. The van der Waals surface area contributed by atoms with Gasteiger partial charge in [0, 0.05) is 7.11 Å². The van der Waals surface area contributed by atoms with Crippen LogP contribution in [0, 0.1) is 5.41 Å². The van der Waals surface area contributed by atoms with Crippen molar-refractivity contribution in [3.8, 4) is 0 Å². The van der Waals surface area contributed by atoms with Crippen LogP contribution in [0.5, 0.6) is 0 Å². The van der Waals surface area contributed by atoms with Crippen molar-refractivity contribution in [3.63, 3.8) is 0 Å². The zero-order valence-corrected chi connectivity index (χ0v) is 12.0. The third-order valence-electron chi connectivity index (χ3n) is 2.68. The number of ether oxygens (including phenoxy) is 1. The SMILES string of the molecule is COC(C(O)c1ccc(Cl)c(Cl)c1)C(C)(C)C. The molecule has 2 unspecified atom stereocenters. The highest BCUT2D eigenvalue weighted by Crippen LogP contribution is 2.34. The van der Waals surface area contributed by atoms with Gasteiger partial charge in [-0.05, 0) is 23.1 Å². The van der Waals surface area contributed by atoms with Gasteiger partial charge in [0.1, 0.15) is 6.10 Å². The van der Waals surface area contributed by atoms with Crippen molar-refractivity contribution in [3.05, 3.63) is 33.8 Å². The van der Waals surface area contributed by atoms with Crippen molar-refractivity contribution in [2.75, 3.05) is 7.11 Å². The molecular weight excluding hydrogens is 259 g/mol. The van der Waals surface area contributed by atoms with E-state index in [2.05, 4.69) is 0 Å². The molecule has 0 fully saturated rings. The van der Waals surface area contributed by atoms with E-state index in [4.69, 9.17) is 27.9 Å². The Hall–Kier alpha value is -0.280. The van der Waals surface area contributed by atoms with Gasteiger partial charge in [0.25, 0.3) is 0 Å². The highest BCUT2D eigenvalue weighted by Gasteiger charge is 2.32. The lowest BCUT2D eigenvalue weighted by atomic mass is 9.83. The van der Waals surface area contributed by atoms with E-state index in [0.717, 1.165) is 0 Å². The highest BCUT2D eigenvalue weighted by atomic mass is 35.5. The molecule has 0 aliphatic rings. The molecule has 0 saturated carbocycles. The summed E-state index contributed by atoms with van der Waals surface area (Å²) in [6, 6.07) is 5.11. The molecule has 0 radical (unpaired) electrons. The quantitative estimate of drug-likeness (QED) is 0.901. The second-order valence-electron chi connectivity index (χ2n) is 5.14. The van der Waals surface area contributed by atoms with Gasteiger partial charge in [-0.2, -0.15) is 0 Å². The number of methoxy groups -OCH3 is 1. The zero-order chi connectivity index (χ0) is 13.2. The molecule has 0 aromatic heterocycles. The fraction of sp³-hybridized carbons (Fsp3) is 0.538. The Labute approximate surface area is 113 Å². The van der Waals surface area contributed by atoms with E-state index < -0.39 is 6.10 Å². The van der Waals surface area contributed by atoms with E-state index in [1.807, 2.05) is 20.8 Å². The summed E-state index contributed by atoms with van der Waals surface area (Å²) in [7, 11) is 1.59. The average Bonchev–Trinajstić information content (AvgIpc) is 2.20. The van der Waals surface area contributed by atoms with Crippen LogP contribution in [0.4, 0.5) is 0 Å². The Balaban J connectivity index is 3.02. The Kier molecular flexibility index (Phi) is 4.85. The van der Waals surface area contributed by atoms with Gasteiger partial charge in [-0.15, -0.1) is 0 Å². The summed E-state index contributed by atoms with van der Waals surface area (Å²) < 4.78 is 5.37. The molecule has 0 aliphatic carbocycles. The molecule has 2 atom stereocenters. The molecule has 2 nitrogen and oxygen atoms in total. The standard InChI is InChI=1S/C13H18Cl2O2/c1-13(2,3)12(17-4)11(16)8-5-6-9(14)10(15)7-8/h5-7,11-12,16H,1-4H3. The fourth-order valence-corrected chi connectivity index (χ4v) is 2.13. The molecule has 0 saturated heterocycles. The Morgan fingerprint density at radius 1 is 1.18 bits per heavy atom. The van der Waals surface area contributed by atoms with Crippen molar-refractivity contribution in [1.82, 2.24) is 0 Å². The molecule has 0 spiro atoms. The van der Waals surface area contributed by atoms with Crippen molar-refractivity contribution in [2.24, 2.45) is 5.41 Å². The number of aliphatic hydroxyl groups is 1. The highest BCUT2D eigenvalue weighted by molar-refractivity contribution is 6.42. The molecule has 1 aromatic rings. The predicted molar refractivity (Wildman–Crippen MR) is 71.7 cm³/mol. The molecule has 4 heteroatoms. The number of rotatable bonds is 3. The Bertz CT molecular complexity index is 385. The summed E-state index contributed by atoms with van der Waals surface area (Å²) >= 11 is 11.8. The first kappa shape index (κ1) is 14.8. The van der Waals surface area contributed by atoms with Gasteiger partial charge in [0.05, 0.1) is 16.1 Å². The zero-order valence-electron chi connectivity index (χ0n) is 10.5. The van der Waals surface area contributed by atoms with Crippen LogP contribution in [0.3, 0.4) is 0 Å². The minimum Gasteiger partial charge on any atom is -0.386 e. The fourth-order valence-electron chi connectivity index (χ4n) is 1.83. The Morgan fingerprint density at radius 3 is 2.18 bits per heavy atom. The minimum absolute atomic E-state index is 0.166. The summed E-state index contributed by atoms with van der Waals surface area (Å²) in [6.07, 6.45) is -1.03. The van der Waals surface area contributed by atoms with Crippen LogP contribution >= 0.6 is 23.2 Å². The van der Waals surface area contributed by atoms with Crippen LogP contribution in [0.15, 0.2) is 18.2 Å². The summed E-state index contributed by atoms with van der Waals surface area (Å²) in [5.74, 6) is 0. The molecule has 1 aromatic carbocycles. The van der Waals surface area contributed by atoms with Gasteiger partial charge in [0.15, 0.2) is 0 Å². The number of halogens is 2. The van der Waals surface area contributed by atoms with Crippen LogP contribution in [0.25, 0.3) is 0 Å². The lowest BCUT2D eigenvalue weighted by molar-refractivity contribution is -0.0724. The number of aliphatic hydroxyl groups excluding tert-OH is 1. The van der Waals surface area contributed by atoms with Crippen LogP contribution < -0.4 is 0 Å². The smallest absolute Gasteiger partial charge is 0.106 e. The summed E-state index contributed by atoms with van der Waals surface area (Å²) in [5, 5.41) is 11.2. The molecule has 0 aliphatic heterocycles. The average molecular weight is 277 g/mol. The van der Waals surface area contributed by atoms with Gasteiger partial charge in [-0.1, -0.05) is 50.0 Å². The maximum Gasteiger partial charge on any atom is 0.106 e. The molecule has 17 heavy (non-hydrogen) atoms. The number of hydrogen-bond donors (Lipinski definition) is 1. The van der Waals surface area contributed by atoms with Crippen LogP contribution in [0.2, 0.25) is 10.0 Å². The molecular formula is C13H18Cl2O2. The van der Waals surface area contributed by atoms with E-state index >= 15 is 0 Å². The molecule has 0 amide bonds. The third kappa shape index (κ3) is 3.59.